The number of halogens is 1. The second-order valence-electron chi connectivity index (χ2n) is 3.72. The first-order chi connectivity index (χ1) is 8.04. The van der Waals surface area contributed by atoms with Crippen LogP contribution in [0.15, 0.2) is 18.2 Å². The smallest absolute Gasteiger partial charge is 0.257 e. The number of ether oxygens (including phenoxy) is 1. The van der Waals surface area contributed by atoms with Crippen LogP contribution in [0.5, 0.6) is 5.75 Å². The summed E-state index contributed by atoms with van der Waals surface area (Å²) in [6, 6.07) is 4.24. The first-order valence-electron chi connectivity index (χ1n) is 5.49. The van der Waals surface area contributed by atoms with Crippen LogP contribution in [0.3, 0.4) is 0 Å². The van der Waals surface area contributed by atoms with Crippen LogP contribution < -0.4 is 15.8 Å². The molecule has 0 spiro atoms. The van der Waals surface area contributed by atoms with E-state index < -0.39 is 5.82 Å². The third-order valence-corrected chi connectivity index (χ3v) is 2.21. The third-order valence-electron chi connectivity index (χ3n) is 2.21. The van der Waals surface area contributed by atoms with Gasteiger partial charge in [-0.05, 0) is 31.5 Å². The number of nitrogens with two attached hydrogens (primary N) is 1. The molecule has 94 valence electrons. The molecule has 5 heteroatoms. The van der Waals surface area contributed by atoms with Gasteiger partial charge in [0.25, 0.3) is 5.91 Å². The monoisotopic (exact) mass is 240 g/mol. The third kappa shape index (κ3) is 4.03. The molecule has 0 fully saturated rings. The number of hydrogen-bond acceptors (Lipinski definition) is 3. The number of likely N-dealkylation sites (N-methyl/N-ethyl adjacent to an activating group) is 1. The Morgan fingerprint density at radius 2 is 2.29 bits per heavy atom. The van der Waals surface area contributed by atoms with E-state index in [4.69, 9.17) is 10.5 Å². The normalized spacial score (nSPS) is 12.0. The van der Waals surface area contributed by atoms with E-state index in [1.807, 2.05) is 0 Å². The molecule has 1 rings (SSSR count). The number of carbonyl (C=O) groups excluding carboxylic acids is 1. The molecule has 17 heavy (non-hydrogen) atoms. The maximum absolute atomic E-state index is 13.5. The molecule has 0 saturated carbocycles. The van der Waals surface area contributed by atoms with E-state index in [0.29, 0.717) is 12.1 Å². The van der Waals surface area contributed by atoms with E-state index in [0.717, 1.165) is 0 Å². The van der Waals surface area contributed by atoms with Gasteiger partial charge in [-0.15, -0.1) is 0 Å². The number of benzene rings is 1. The lowest BCUT2D eigenvalue weighted by Gasteiger charge is -2.10. The lowest BCUT2D eigenvalue weighted by molar-refractivity contribution is -0.123. The number of nitrogens with one attached hydrogen (secondary N) is 1. The fraction of sp³-hybridized carbons (Fsp3) is 0.417. The van der Waals surface area contributed by atoms with Crippen molar-refractivity contribution < 1.29 is 13.9 Å². The molecule has 1 atom stereocenters. The SMILES string of the molecule is CCNC(=O)COc1ccc(C(C)N)cc1F. The zero-order chi connectivity index (χ0) is 12.8. The molecule has 0 radical (unpaired) electrons. The van der Waals surface area contributed by atoms with Crippen molar-refractivity contribution in [1.82, 2.24) is 5.32 Å². The average molecular weight is 240 g/mol. The van der Waals surface area contributed by atoms with Crippen LogP contribution in [-0.2, 0) is 4.79 Å². The van der Waals surface area contributed by atoms with Crippen molar-refractivity contribution in [2.45, 2.75) is 19.9 Å². The van der Waals surface area contributed by atoms with Crippen molar-refractivity contribution in [1.29, 1.82) is 0 Å². The molecule has 0 aromatic heterocycles. The van der Waals surface area contributed by atoms with Gasteiger partial charge < -0.3 is 15.8 Å². The molecule has 0 aliphatic heterocycles. The van der Waals surface area contributed by atoms with Gasteiger partial charge in [-0.25, -0.2) is 4.39 Å². The minimum Gasteiger partial charge on any atom is -0.481 e. The Bertz CT molecular complexity index is 394. The Labute approximate surface area is 100.0 Å². The van der Waals surface area contributed by atoms with E-state index in [9.17, 15) is 9.18 Å². The largest absolute Gasteiger partial charge is 0.481 e. The van der Waals surface area contributed by atoms with E-state index in [-0.39, 0.29) is 24.3 Å². The van der Waals surface area contributed by atoms with Gasteiger partial charge in [-0.3, -0.25) is 4.79 Å². The summed E-state index contributed by atoms with van der Waals surface area (Å²) < 4.78 is 18.6. The van der Waals surface area contributed by atoms with E-state index >= 15 is 0 Å². The van der Waals surface area contributed by atoms with Gasteiger partial charge >= 0.3 is 0 Å². The van der Waals surface area contributed by atoms with Crippen LogP contribution in [0.2, 0.25) is 0 Å². The van der Waals surface area contributed by atoms with Gasteiger partial charge in [0.1, 0.15) is 0 Å². The average Bonchev–Trinajstić information content (AvgIpc) is 2.27. The van der Waals surface area contributed by atoms with Crippen molar-refractivity contribution in [2.75, 3.05) is 13.2 Å². The summed E-state index contributed by atoms with van der Waals surface area (Å²) in [5.74, 6) is -0.729. The molecule has 1 aromatic rings. The van der Waals surface area contributed by atoms with Crippen molar-refractivity contribution in [3.05, 3.63) is 29.6 Å². The van der Waals surface area contributed by atoms with E-state index in [1.54, 1.807) is 19.9 Å². The number of rotatable bonds is 5. The highest BCUT2D eigenvalue weighted by molar-refractivity contribution is 5.77. The Kier molecular flexibility index (Phi) is 4.90. The summed E-state index contributed by atoms with van der Waals surface area (Å²) in [4.78, 5) is 11.1. The summed E-state index contributed by atoms with van der Waals surface area (Å²) in [5, 5.41) is 2.56. The number of hydrogen-bond donors (Lipinski definition) is 2. The Morgan fingerprint density at radius 3 is 2.82 bits per heavy atom. The fourth-order valence-electron chi connectivity index (χ4n) is 1.31. The molecule has 0 heterocycles. The summed E-state index contributed by atoms with van der Waals surface area (Å²) in [5.41, 5.74) is 6.31. The lowest BCUT2D eigenvalue weighted by Crippen LogP contribution is -2.28. The molecule has 1 unspecified atom stereocenters. The summed E-state index contributed by atoms with van der Waals surface area (Å²) in [7, 11) is 0. The topological polar surface area (TPSA) is 64.3 Å². The molecule has 0 aliphatic rings. The molecule has 4 nitrogen and oxygen atoms in total. The first kappa shape index (κ1) is 13.4. The Morgan fingerprint density at radius 1 is 1.59 bits per heavy atom. The number of amides is 1. The quantitative estimate of drug-likeness (QED) is 0.816. The van der Waals surface area contributed by atoms with Crippen LogP contribution in [0.25, 0.3) is 0 Å². The molecular weight excluding hydrogens is 223 g/mol. The highest BCUT2D eigenvalue weighted by Gasteiger charge is 2.08. The summed E-state index contributed by atoms with van der Waals surface area (Å²) >= 11 is 0. The zero-order valence-electron chi connectivity index (χ0n) is 10.00. The van der Waals surface area contributed by atoms with Crippen molar-refractivity contribution in [2.24, 2.45) is 5.73 Å². The van der Waals surface area contributed by atoms with Gasteiger partial charge in [0.15, 0.2) is 18.2 Å². The Hall–Kier alpha value is -1.62. The number of carbonyl (C=O) groups is 1. The van der Waals surface area contributed by atoms with E-state index in [1.165, 1.54) is 12.1 Å². The summed E-state index contributed by atoms with van der Waals surface area (Å²) in [6.07, 6.45) is 0. The highest BCUT2D eigenvalue weighted by atomic mass is 19.1. The van der Waals surface area contributed by atoms with Gasteiger partial charge in [0.05, 0.1) is 0 Å². The fourth-order valence-corrected chi connectivity index (χ4v) is 1.31. The van der Waals surface area contributed by atoms with Crippen LogP contribution in [0.4, 0.5) is 4.39 Å². The minimum atomic E-state index is -0.510. The molecule has 1 aromatic carbocycles. The van der Waals surface area contributed by atoms with Crippen LogP contribution in [-0.4, -0.2) is 19.1 Å². The maximum Gasteiger partial charge on any atom is 0.257 e. The molecular formula is C12H17FN2O2. The van der Waals surface area contributed by atoms with Crippen molar-refractivity contribution in [3.63, 3.8) is 0 Å². The van der Waals surface area contributed by atoms with Crippen LogP contribution in [0, 0.1) is 5.82 Å². The maximum atomic E-state index is 13.5. The molecule has 3 N–H and O–H groups in total. The first-order valence-corrected chi connectivity index (χ1v) is 5.49. The van der Waals surface area contributed by atoms with Crippen molar-refractivity contribution >= 4 is 5.91 Å². The molecule has 0 bridgehead atoms. The van der Waals surface area contributed by atoms with Gasteiger partial charge in [-0.1, -0.05) is 6.07 Å². The molecule has 0 aliphatic carbocycles. The van der Waals surface area contributed by atoms with Crippen molar-refractivity contribution in [3.8, 4) is 5.75 Å². The van der Waals surface area contributed by atoms with Gasteiger partial charge in [0, 0.05) is 12.6 Å². The molecule has 0 saturated heterocycles. The zero-order valence-corrected chi connectivity index (χ0v) is 10.00. The van der Waals surface area contributed by atoms with Crippen LogP contribution in [0.1, 0.15) is 25.5 Å². The second kappa shape index (κ2) is 6.20. The molecule has 1 amide bonds. The van der Waals surface area contributed by atoms with Gasteiger partial charge in [-0.2, -0.15) is 0 Å². The lowest BCUT2D eigenvalue weighted by atomic mass is 10.1. The van der Waals surface area contributed by atoms with Gasteiger partial charge in [0.2, 0.25) is 0 Å². The minimum absolute atomic E-state index is 0.0562. The summed E-state index contributed by atoms with van der Waals surface area (Å²) in [6.45, 7) is 3.90. The predicted octanol–water partition coefficient (Wildman–Crippen LogP) is 1.36. The Balaban J connectivity index is 2.63. The predicted molar refractivity (Wildman–Crippen MR) is 63.2 cm³/mol. The standard InChI is InChI=1S/C12H17FN2O2/c1-3-15-12(16)7-17-11-5-4-9(8(2)14)6-10(11)13/h4-6,8H,3,7,14H2,1-2H3,(H,15,16). The highest BCUT2D eigenvalue weighted by Crippen LogP contribution is 2.20. The van der Waals surface area contributed by atoms with Crippen LogP contribution >= 0.6 is 0 Å². The second-order valence-corrected chi connectivity index (χ2v) is 3.72. The van der Waals surface area contributed by atoms with E-state index in [2.05, 4.69) is 5.32 Å².